The van der Waals surface area contributed by atoms with E-state index < -0.39 is 0 Å². The molecule has 5 nitrogen and oxygen atoms in total. The summed E-state index contributed by atoms with van der Waals surface area (Å²) in [5, 5.41) is 3.17. The highest BCUT2D eigenvalue weighted by Crippen LogP contribution is 2.27. The Bertz CT molecular complexity index is 1070. The molecule has 1 saturated heterocycles. The number of piperazine rings is 1. The lowest BCUT2D eigenvalue weighted by Gasteiger charge is -2.40. The molecule has 30 heavy (non-hydrogen) atoms. The Hall–Kier alpha value is -2.86. The van der Waals surface area contributed by atoms with Crippen LogP contribution in [0.4, 0.5) is 0 Å². The van der Waals surface area contributed by atoms with Crippen LogP contribution in [-0.4, -0.2) is 51.9 Å². The van der Waals surface area contributed by atoms with Gasteiger partial charge in [-0.25, -0.2) is 0 Å². The summed E-state index contributed by atoms with van der Waals surface area (Å²) in [6.45, 7) is 6.40. The molecule has 2 amide bonds. The minimum absolute atomic E-state index is 0.000945. The second-order valence-corrected chi connectivity index (χ2v) is 8.63. The average Bonchev–Trinajstić information content (AvgIpc) is 3.34. The number of thiophene rings is 1. The Labute approximate surface area is 181 Å². The molecule has 0 bridgehead atoms. The third-order valence-electron chi connectivity index (χ3n) is 5.68. The number of rotatable bonds is 5. The van der Waals surface area contributed by atoms with Crippen LogP contribution in [0.5, 0.6) is 0 Å². The van der Waals surface area contributed by atoms with E-state index >= 15 is 0 Å². The van der Waals surface area contributed by atoms with Crippen molar-refractivity contribution in [3.63, 3.8) is 0 Å². The Morgan fingerprint density at radius 1 is 1.17 bits per heavy atom. The average molecular weight is 422 g/mol. The Morgan fingerprint density at radius 3 is 2.70 bits per heavy atom. The van der Waals surface area contributed by atoms with Crippen molar-refractivity contribution in [2.24, 2.45) is 0 Å². The molecule has 1 fully saturated rings. The van der Waals surface area contributed by atoms with Gasteiger partial charge in [-0.05, 0) is 36.9 Å². The molecule has 1 aromatic carbocycles. The van der Waals surface area contributed by atoms with E-state index in [1.807, 2.05) is 66.1 Å². The first-order chi connectivity index (χ1) is 14.6. The molecule has 1 atom stereocenters. The first-order valence-electron chi connectivity index (χ1n) is 10.4. The van der Waals surface area contributed by atoms with Gasteiger partial charge in [-0.2, -0.15) is 0 Å². The molecule has 0 spiro atoms. The van der Waals surface area contributed by atoms with Gasteiger partial charge in [-0.1, -0.05) is 42.5 Å². The number of fused-ring (bicyclic) bond motifs is 1. The molecule has 4 rings (SSSR count). The Balaban J connectivity index is 1.47. The van der Waals surface area contributed by atoms with Crippen molar-refractivity contribution < 1.29 is 9.59 Å². The first-order valence-corrected chi connectivity index (χ1v) is 11.3. The Morgan fingerprint density at radius 2 is 1.97 bits per heavy atom. The molecular weight excluding hydrogens is 394 g/mol. The minimum Gasteiger partial charge on any atom is -0.336 e. The molecule has 3 heterocycles. The van der Waals surface area contributed by atoms with Crippen molar-refractivity contribution in [1.82, 2.24) is 14.4 Å². The fourth-order valence-corrected chi connectivity index (χ4v) is 5.00. The number of hydrogen-bond acceptors (Lipinski definition) is 3. The molecule has 3 aromatic rings. The first kappa shape index (κ1) is 20.4. The van der Waals surface area contributed by atoms with Gasteiger partial charge in [0.05, 0.1) is 6.42 Å². The number of carbonyl (C=O) groups excluding carboxylic acids is 2. The van der Waals surface area contributed by atoms with Gasteiger partial charge in [0.2, 0.25) is 5.91 Å². The van der Waals surface area contributed by atoms with Crippen LogP contribution < -0.4 is 0 Å². The molecule has 0 radical (unpaired) electrons. The normalized spacial score (nSPS) is 17.2. The summed E-state index contributed by atoms with van der Waals surface area (Å²) in [7, 11) is 0. The number of nitrogens with zero attached hydrogens (tertiary/aromatic N) is 3. The number of hydrogen-bond donors (Lipinski definition) is 0. The zero-order valence-corrected chi connectivity index (χ0v) is 18.3. The zero-order valence-electron chi connectivity index (χ0n) is 17.5. The standard InChI is InChI=1S/C24H27N3O2S/c1-3-4-11-27-21(16-20-10-14-30-24(20)27)23(29)25-12-13-26(18(2)17-25)22(28)15-19-8-6-5-7-9-19/h3-10,14,16,18H,11-13,15,17H2,1-2H3/b4-3-/t18-/m1/s1. The van der Waals surface area contributed by atoms with E-state index in [2.05, 4.69) is 22.1 Å². The van der Waals surface area contributed by atoms with E-state index in [1.54, 1.807) is 11.3 Å². The van der Waals surface area contributed by atoms with E-state index in [4.69, 9.17) is 0 Å². The second-order valence-electron chi connectivity index (χ2n) is 7.74. The summed E-state index contributed by atoms with van der Waals surface area (Å²) < 4.78 is 2.10. The molecule has 6 heteroatoms. The summed E-state index contributed by atoms with van der Waals surface area (Å²) in [5.41, 5.74) is 1.75. The molecule has 1 aliphatic heterocycles. The van der Waals surface area contributed by atoms with Crippen molar-refractivity contribution in [3.05, 3.63) is 71.3 Å². The maximum Gasteiger partial charge on any atom is 0.270 e. The van der Waals surface area contributed by atoms with Gasteiger partial charge in [0.1, 0.15) is 10.5 Å². The van der Waals surface area contributed by atoms with Gasteiger partial charge in [-0.15, -0.1) is 11.3 Å². The van der Waals surface area contributed by atoms with E-state index in [9.17, 15) is 9.59 Å². The molecular formula is C24H27N3O2S. The lowest BCUT2D eigenvalue weighted by Crippen LogP contribution is -2.56. The van der Waals surface area contributed by atoms with Crippen LogP contribution in [0.25, 0.3) is 10.2 Å². The molecule has 0 N–H and O–H groups in total. The van der Waals surface area contributed by atoms with Crippen LogP contribution in [0.2, 0.25) is 0 Å². The third kappa shape index (κ3) is 4.05. The largest absolute Gasteiger partial charge is 0.336 e. The highest BCUT2D eigenvalue weighted by molar-refractivity contribution is 7.16. The summed E-state index contributed by atoms with van der Waals surface area (Å²) in [6.07, 6.45) is 4.48. The third-order valence-corrected chi connectivity index (χ3v) is 6.63. The molecule has 1 aliphatic rings. The summed E-state index contributed by atoms with van der Waals surface area (Å²) in [4.78, 5) is 31.1. The smallest absolute Gasteiger partial charge is 0.270 e. The van der Waals surface area contributed by atoms with E-state index in [0.717, 1.165) is 21.5 Å². The van der Waals surface area contributed by atoms with Crippen molar-refractivity contribution in [1.29, 1.82) is 0 Å². The lowest BCUT2D eigenvalue weighted by atomic mass is 10.1. The van der Waals surface area contributed by atoms with Crippen LogP contribution in [0.1, 0.15) is 29.9 Å². The molecule has 0 unspecified atom stereocenters. The summed E-state index contributed by atoms with van der Waals surface area (Å²) in [6, 6.07) is 13.9. The van der Waals surface area contributed by atoms with E-state index in [0.29, 0.717) is 32.6 Å². The van der Waals surface area contributed by atoms with Gasteiger partial charge in [0.25, 0.3) is 5.91 Å². The van der Waals surface area contributed by atoms with Crippen LogP contribution in [0.15, 0.2) is 60.0 Å². The lowest BCUT2D eigenvalue weighted by molar-refractivity contribution is -0.134. The fraction of sp³-hybridized carbons (Fsp3) is 0.333. The number of allylic oxidation sites excluding steroid dienone is 2. The topological polar surface area (TPSA) is 45.6 Å². The van der Waals surface area contributed by atoms with Gasteiger partial charge < -0.3 is 14.4 Å². The van der Waals surface area contributed by atoms with Crippen LogP contribution in [-0.2, 0) is 17.8 Å². The second kappa shape index (κ2) is 8.88. The predicted octanol–water partition coefficient (Wildman–Crippen LogP) is 4.19. The number of carbonyl (C=O) groups is 2. The van der Waals surface area contributed by atoms with Gasteiger partial charge in [0.15, 0.2) is 0 Å². The Kier molecular flexibility index (Phi) is 6.04. The molecule has 0 aliphatic carbocycles. The zero-order chi connectivity index (χ0) is 21.1. The SMILES string of the molecule is C/C=C\Cn1c(C(=O)N2CCN(C(=O)Cc3ccccc3)[C@H](C)C2)cc2ccsc21. The highest BCUT2D eigenvalue weighted by atomic mass is 32.1. The number of amides is 2. The minimum atomic E-state index is -0.000945. The predicted molar refractivity (Wildman–Crippen MR) is 122 cm³/mol. The monoisotopic (exact) mass is 421 g/mol. The number of aromatic nitrogens is 1. The van der Waals surface area contributed by atoms with Crippen molar-refractivity contribution in [2.75, 3.05) is 19.6 Å². The van der Waals surface area contributed by atoms with E-state index in [1.165, 1.54) is 0 Å². The summed E-state index contributed by atoms with van der Waals surface area (Å²) in [5.74, 6) is 0.169. The quantitative estimate of drug-likeness (QED) is 0.580. The van der Waals surface area contributed by atoms with Crippen molar-refractivity contribution >= 4 is 33.4 Å². The fourth-order valence-electron chi connectivity index (χ4n) is 4.09. The van der Waals surface area contributed by atoms with E-state index in [-0.39, 0.29) is 17.9 Å². The van der Waals surface area contributed by atoms with Gasteiger partial charge >= 0.3 is 0 Å². The van der Waals surface area contributed by atoms with Crippen molar-refractivity contribution in [3.8, 4) is 0 Å². The maximum absolute atomic E-state index is 13.3. The molecule has 0 saturated carbocycles. The summed E-state index contributed by atoms with van der Waals surface area (Å²) >= 11 is 1.66. The molecule has 2 aromatic heterocycles. The number of benzene rings is 1. The van der Waals surface area contributed by atoms with Crippen LogP contribution in [0, 0.1) is 0 Å². The molecule has 156 valence electrons. The van der Waals surface area contributed by atoms with Gasteiger partial charge in [0, 0.05) is 37.6 Å². The van der Waals surface area contributed by atoms with Crippen LogP contribution >= 0.6 is 11.3 Å². The van der Waals surface area contributed by atoms with Crippen molar-refractivity contribution in [2.45, 2.75) is 32.9 Å². The maximum atomic E-state index is 13.3. The highest BCUT2D eigenvalue weighted by Gasteiger charge is 2.31. The van der Waals surface area contributed by atoms with Gasteiger partial charge in [-0.3, -0.25) is 9.59 Å². The van der Waals surface area contributed by atoms with Crippen LogP contribution in [0.3, 0.4) is 0 Å².